The van der Waals surface area contributed by atoms with E-state index in [-0.39, 0.29) is 5.79 Å². The van der Waals surface area contributed by atoms with E-state index in [0.717, 1.165) is 36.9 Å². The fraction of sp³-hybridized carbons (Fsp3) is 0.619. The van der Waals surface area contributed by atoms with Crippen molar-refractivity contribution >= 4 is 17.0 Å². The van der Waals surface area contributed by atoms with Crippen LogP contribution in [0.3, 0.4) is 0 Å². The van der Waals surface area contributed by atoms with E-state index in [2.05, 4.69) is 42.4 Å². The first-order valence-corrected chi connectivity index (χ1v) is 10.3. The van der Waals surface area contributed by atoms with Gasteiger partial charge in [0, 0.05) is 18.9 Å². The third kappa shape index (κ3) is 4.01. The van der Waals surface area contributed by atoms with E-state index in [1.165, 1.54) is 24.8 Å². The lowest BCUT2D eigenvalue weighted by atomic mass is 9.92. The van der Waals surface area contributed by atoms with Gasteiger partial charge in [0.1, 0.15) is 0 Å². The van der Waals surface area contributed by atoms with E-state index >= 15 is 0 Å². The Morgan fingerprint density at radius 1 is 1.26 bits per heavy atom. The van der Waals surface area contributed by atoms with E-state index < -0.39 is 0 Å². The molecule has 2 aromatic rings. The highest BCUT2D eigenvalue weighted by molar-refractivity contribution is 5.68. The van der Waals surface area contributed by atoms with Crippen molar-refractivity contribution in [3.8, 4) is 0 Å². The van der Waals surface area contributed by atoms with Crippen molar-refractivity contribution in [2.24, 2.45) is 0 Å². The second kappa shape index (κ2) is 7.98. The van der Waals surface area contributed by atoms with Gasteiger partial charge >= 0.3 is 0 Å². The minimum absolute atomic E-state index is 0.374. The maximum absolute atomic E-state index is 5.83. The van der Waals surface area contributed by atoms with Crippen LogP contribution in [0.1, 0.15) is 64.5 Å². The molecule has 1 spiro atoms. The molecule has 0 aromatic carbocycles. The average Bonchev–Trinajstić information content (AvgIpc) is 3.30. The molecule has 0 unspecified atom stereocenters. The Balaban J connectivity index is 1.50. The van der Waals surface area contributed by atoms with Crippen LogP contribution < -0.4 is 5.32 Å². The van der Waals surface area contributed by atoms with Crippen LogP contribution in [0.5, 0.6) is 0 Å². The molecular weight excluding hydrogens is 340 g/mol. The highest BCUT2D eigenvalue weighted by atomic mass is 16.7. The Labute approximate surface area is 161 Å². The van der Waals surface area contributed by atoms with Gasteiger partial charge in [-0.15, -0.1) is 5.10 Å². The fourth-order valence-electron chi connectivity index (χ4n) is 4.00. The second-order valence-corrected chi connectivity index (χ2v) is 7.72. The van der Waals surface area contributed by atoms with Crippen LogP contribution in [0.4, 0.5) is 5.95 Å². The molecule has 1 atom stereocenters. The van der Waals surface area contributed by atoms with Crippen LogP contribution in [0, 0.1) is 0 Å². The summed E-state index contributed by atoms with van der Waals surface area (Å²) in [7, 11) is 0. The van der Waals surface area contributed by atoms with Crippen LogP contribution >= 0.6 is 0 Å². The monoisotopic (exact) mass is 370 g/mol. The first-order chi connectivity index (χ1) is 13.2. The van der Waals surface area contributed by atoms with Crippen molar-refractivity contribution in [2.45, 2.75) is 70.6 Å². The Bertz CT molecular complexity index is 808. The summed E-state index contributed by atoms with van der Waals surface area (Å²) in [5, 5.41) is 8.21. The van der Waals surface area contributed by atoms with Gasteiger partial charge in [-0.2, -0.15) is 0 Å². The number of nitrogens with one attached hydrogen (secondary N) is 1. The van der Waals surface area contributed by atoms with Gasteiger partial charge in [0.15, 0.2) is 5.79 Å². The number of rotatable bonds is 7. The fourth-order valence-corrected chi connectivity index (χ4v) is 4.00. The van der Waals surface area contributed by atoms with Crippen molar-refractivity contribution in [2.75, 3.05) is 18.5 Å². The lowest BCUT2D eigenvalue weighted by Crippen LogP contribution is -2.31. The van der Waals surface area contributed by atoms with Gasteiger partial charge in [-0.3, -0.25) is 0 Å². The van der Waals surface area contributed by atoms with Crippen LogP contribution in [0.25, 0.3) is 11.1 Å². The summed E-state index contributed by atoms with van der Waals surface area (Å²) in [6.45, 7) is 5.84. The molecule has 6 nitrogen and oxygen atoms in total. The number of nitrogens with zero attached hydrogens (tertiary/aromatic N) is 3. The lowest BCUT2D eigenvalue weighted by molar-refractivity contribution is -0.159. The smallest absolute Gasteiger partial charge is 0.241 e. The molecule has 4 rings (SSSR count). The highest BCUT2D eigenvalue weighted by Crippen LogP contribution is 2.38. The van der Waals surface area contributed by atoms with Crippen LogP contribution in [-0.2, 0) is 9.47 Å². The number of allylic oxidation sites excluding steroid dienone is 1. The number of aromatic nitrogens is 3. The molecule has 1 fully saturated rings. The number of ether oxygens (including phenoxy) is 2. The first kappa shape index (κ1) is 18.4. The summed E-state index contributed by atoms with van der Waals surface area (Å²) in [4.78, 5) is 4.49. The van der Waals surface area contributed by atoms with Crippen molar-refractivity contribution in [3.05, 3.63) is 30.1 Å². The number of hydrogen-bond acceptors (Lipinski definition) is 5. The summed E-state index contributed by atoms with van der Waals surface area (Å²) < 4.78 is 13.7. The molecule has 2 aromatic heterocycles. The molecule has 1 saturated heterocycles. The molecule has 0 bridgehead atoms. The normalized spacial score (nSPS) is 20.1. The molecule has 1 aliphatic carbocycles. The van der Waals surface area contributed by atoms with Gasteiger partial charge in [-0.05, 0) is 37.5 Å². The predicted molar refractivity (Wildman–Crippen MR) is 107 cm³/mol. The Morgan fingerprint density at radius 2 is 2.11 bits per heavy atom. The van der Waals surface area contributed by atoms with E-state index in [1.54, 1.807) is 0 Å². The topological polar surface area (TPSA) is 60.7 Å². The molecule has 0 radical (unpaired) electrons. The quantitative estimate of drug-likeness (QED) is 0.731. The summed E-state index contributed by atoms with van der Waals surface area (Å²) in [6.07, 6.45) is 11.7. The van der Waals surface area contributed by atoms with Crippen molar-refractivity contribution in [3.63, 3.8) is 0 Å². The number of unbranched alkanes of at least 4 members (excludes halogenated alkanes) is 2. The van der Waals surface area contributed by atoms with E-state index in [0.29, 0.717) is 25.2 Å². The molecule has 1 N–H and O–H groups in total. The number of anilines is 1. The third-order valence-corrected chi connectivity index (χ3v) is 5.59. The third-order valence-electron chi connectivity index (χ3n) is 5.59. The van der Waals surface area contributed by atoms with Gasteiger partial charge in [0.2, 0.25) is 5.95 Å². The molecule has 0 saturated carbocycles. The molecular formula is C21H30N4O2. The van der Waals surface area contributed by atoms with Crippen LogP contribution in [0.2, 0.25) is 0 Å². The van der Waals surface area contributed by atoms with Crippen LogP contribution in [0.15, 0.2) is 24.4 Å². The molecule has 0 amide bonds. The minimum atomic E-state index is -0.383. The Hall–Kier alpha value is -1.92. The summed E-state index contributed by atoms with van der Waals surface area (Å²) in [5.41, 5.74) is 3.46. The molecule has 6 heteroatoms. The van der Waals surface area contributed by atoms with Crippen molar-refractivity contribution in [1.82, 2.24) is 14.6 Å². The molecule has 3 heterocycles. The van der Waals surface area contributed by atoms with Gasteiger partial charge in [0.05, 0.1) is 30.6 Å². The zero-order chi connectivity index (χ0) is 18.7. The van der Waals surface area contributed by atoms with Crippen molar-refractivity contribution < 1.29 is 9.47 Å². The SMILES string of the molecule is CCCCC[C@H](C)Nc1ncc2ccc(C3=CCC4(CC3)OCCO4)n2n1. The lowest BCUT2D eigenvalue weighted by Gasteiger charge is -2.30. The summed E-state index contributed by atoms with van der Waals surface area (Å²) in [6, 6.07) is 4.59. The molecule has 27 heavy (non-hydrogen) atoms. The summed E-state index contributed by atoms with van der Waals surface area (Å²) in [5.74, 6) is 0.311. The predicted octanol–water partition coefficient (Wildman–Crippen LogP) is 4.42. The van der Waals surface area contributed by atoms with Gasteiger partial charge in [-0.1, -0.05) is 32.3 Å². The van der Waals surface area contributed by atoms with Crippen molar-refractivity contribution in [1.29, 1.82) is 0 Å². The Morgan fingerprint density at radius 3 is 2.85 bits per heavy atom. The summed E-state index contributed by atoms with van der Waals surface area (Å²) >= 11 is 0. The number of fused-ring (bicyclic) bond motifs is 1. The maximum Gasteiger partial charge on any atom is 0.241 e. The zero-order valence-electron chi connectivity index (χ0n) is 16.4. The first-order valence-electron chi connectivity index (χ1n) is 10.3. The standard InChI is InChI=1S/C21H30N4O2/c1-3-4-5-6-16(2)23-20-22-15-18-7-8-19(25(18)24-20)17-9-11-21(12-10-17)26-13-14-27-21/h7-9,15-16H,3-6,10-14H2,1-2H3,(H,23,24)/t16-/m0/s1. The highest BCUT2D eigenvalue weighted by Gasteiger charge is 2.38. The molecule has 146 valence electrons. The van der Waals surface area contributed by atoms with E-state index in [1.807, 2.05) is 10.7 Å². The second-order valence-electron chi connectivity index (χ2n) is 7.72. The van der Waals surface area contributed by atoms with Gasteiger partial charge in [-0.25, -0.2) is 9.50 Å². The van der Waals surface area contributed by atoms with Crippen LogP contribution in [-0.4, -0.2) is 39.6 Å². The molecule has 2 aliphatic rings. The Kier molecular flexibility index (Phi) is 5.45. The minimum Gasteiger partial charge on any atom is -0.351 e. The zero-order valence-corrected chi connectivity index (χ0v) is 16.4. The van der Waals surface area contributed by atoms with Gasteiger partial charge < -0.3 is 14.8 Å². The largest absolute Gasteiger partial charge is 0.351 e. The maximum atomic E-state index is 5.83. The number of hydrogen-bond donors (Lipinski definition) is 1. The molecule has 1 aliphatic heterocycles. The van der Waals surface area contributed by atoms with E-state index in [9.17, 15) is 0 Å². The van der Waals surface area contributed by atoms with Gasteiger partial charge in [0.25, 0.3) is 0 Å². The van der Waals surface area contributed by atoms with E-state index in [4.69, 9.17) is 14.6 Å². The average molecular weight is 370 g/mol.